The number of carbonyl (C=O) groups is 3. The molecule has 168 valence electrons. The number of carboxylic acid groups (broad SMARTS) is 1. The highest BCUT2D eigenvalue weighted by molar-refractivity contribution is 5.98. The summed E-state index contributed by atoms with van der Waals surface area (Å²) < 4.78 is 6.21. The molecule has 8 heteroatoms. The molecule has 2 bridgehead atoms. The van der Waals surface area contributed by atoms with Gasteiger partial charge in [-0.15, -0.1) is 6.58 Å². The molecule has 1 spiro atoms. The lowest BCUT2D eigenvalue weighted by molar-refractivity contribution is -0.155. The molecule has 2 unspecified atom stereocenters. The maximum Gasteiger partial charge on any atom is 0.310 e. The smallest absolute Gasteiger partial charge is 0.310 e. The van der Waals surface area contributed by atoms with Crippen molar-refractivity contribution in [1.82, 2.24) is 9.80 Å². The first-order valence-corrected chi connectivity index (χ1v) is 10.9. The molecule has 3 aliphatic rings. The van der Waals surface area contributed by atoms with Crippen LogP contribution in [0.4, 0.5) is 0 Å². The van der Waals surface area contributed by atoms with Crippen LogP contribution in [0.1, 0.15) is 47.0 Å². The standard InChI is InChI=1S/C22H34N2O6/c1-6-10-23(12(3)4)20(27)18-22-9-8-15(30-22)16(21(28)29)17(22)19(26)24(18)14(11-25)13(5)7-2/h6,12-18,25H,1,7-11H2,2-5H3,(H,28,29)/t13-,14-,15-,16+,17-,18?,22?/m0/s1. The van der Waals surface area contributed by atoms with Gasteiger partial charge in [0.1, 0.15) is 11.6 Å². The third-order valence-electron chi connectivity index (χ3n) is 7.33. The van der Waals surface area contributed by atoms with Crippen LogP contribution in [-0.2, 0) is 19.1 Å². The number of amides is 2. The summed E-state index contributed by atoms with van der Waals surface area (Å²) in [5.41, 5.74) is -1.16. The third kappa shape index (κ3) is 3.15. The van der Waals surface area contributed by atoms with Crippen molar-refractivity contribution in [1.29, 1.82) is 0 Å². The average molecular weight is 423 g/mol. The van der Waals surface area contributed by atoms with E-state index >= 15 is 0 Å². The van der Waals surface area contributed by atoms with Gasteiger partial charge in [-0.3, -0.25) is 14.4 Å². The number of likely N-dealkylation sites (tertiary alicyclic amines) is 1. The van der Waals surface area contributed by atoms with Crippen LogP contribution in [0.25, 0.3) is 0 Å². The van der Waals surface area contributed by atoms with E-state index in [1.54, 1.807) is 11.0 Å². The lowest BCUT2D eigenvalue weighted by atomic mass is 9.70. The first-order chi connectivity index (χ1) is 14.2. The van der Waals surface area contributed by atoms with Gasteiger partial charge in [0.15, 0.2) is 0 Å². The fourth-order valence-electron chi connectivity index (χ4n) is 5.68. The van der Waals surface area contributed by atoms with Gasteiger partial charge in [-0.2, -0.15) is 0 Å². The minimum atomic E-state index is -1.16. The van der Waals surface area contributed by atoms with Crippen LogP contribution in [-0.4, -0.2) is 80.8 Å². The van der Waals surface area contributed by atoms with E-state index < -0.39 is 41.6 Å². The van der Waals surface area contributed by atoms with E-state index in [1.165, 1.54) is 4.90 Å². The van der Waals surface area contributed by atoms with Crippen LogP contribution < -0.4 is 0 Å². The predicted molar refractivity (Wildman–Crippen MR) is 109 cm³/mol. The monoisotopic (exact) mass is 422 g/mol. The molecule has 2 amide bonds. The number of carboxylic acids is 1. The Morgan fingerprint density at radius 2 is 2.07 bits per heavy atom. The first kappa shape index (κ1) is 22.7. The number of aliphatic hydroxyl groups is 1. The zero-order chi connectivity index (χ0) is 22.4. The zero-order valence-electron chi connectivity index (χ0n) is 18.3. The molecule has 30 heavy (non-hydrogen) atoms. The molecule has 0 saturated carbocycles. The number of hydrogen-bond acceptors (Lipinski definition) is 5. The summed E-state index contributed by atoms with van der Waals surface area (Å²) in [6.07, 6.45) is 2.76. The van der Waals surface area contributed by atoms with Crippen LogP contribution in [0.15, 0.2) is 12.7 Å². The summed E-state index contributed by atoms with van der Waals surface area (Å²) in [6, 6.07) is -1.66. The van der Waals surface area contributed by atoms with E-state index in [2.05, 4.69) is 6.58 Å². The molecule has 3 rings (SSSR count). The predicted octanol–water partition coefficient (Wildman–Crippen LogP) is 1.28. The van der Waals surface area contributed by atoms with Gasteiger partial charge in [0.25, 0.3) is 0 Å². The number of aliphatic carboxylic acids is 1. The van der Waals surface area contributed by atoms with Gasteiger partial charge >= 0.3 is 5.97 Å². The van der Waals surface area contributed by atoms with Crippen molar-refractivity contribution in [2.45, 2.75) is 76.8 Å². The highest BCUT2D eigenvalue weighted by atomic mass is 16.5. The molecular formula is C22H34N2O6. The van der Waals surface area contributed by atoms with E-state index in [0.29, 0.717) is 25.8 Å². The summed E-state index contributed by atoms with van der Waals surface area (Å²) in [5.74, 6) is -3.65. The SMILES string of the molecule is C=CCN(C(=O)C1N([C@@H](CO)[C@@H](C)CC)C(=O)[C@@H]2[C@H](C(=O)O)[C@@H]3CCC12O3)C(C)C. The van der Waals surface area contributed by atoms with Gasteiger partial charge in [0.2, 0.25) is 11.8 Å². The molecule has 0 aromatic carbocycles. The molecule has 0 aromatic heterocycles. The minimum absolute atomic E-state index is 0.0585. The van der Waals surface area contributed by atoms with Crippen molar-refractivity contribution in [3.63, 3.8) is 0 Å². The minimum Gasteiger partial charge on any atom is -0.481 e. The summed E-state index contributed by atoms with van der Waals surface area (Å²) in [5, 5.41) is 20.0. The summed E-state index contributed by atoms with van der Waals surface area (Å²) in [4.78, 5) is 42.6. The Balaban J connectivity index is 2.13. The molecular weight excluding hydrogens is 388 g/mol. The van der Waals surface area contributed by atoms with Crippen molar-refractivity contribution in [2.24, 2.45) is 17.8 Å². The van der Waals surface area contributed by atoms with E-state index in [9.17, 15) is 24.6 Å². The largest absolute Gasteiger partial charge is 0.481 e. The molecule has 7 atom stereocenters. The second-order valence-electron chi connectivity index (χ2n) is 9.15. The molecule has 3 saturated heterocycles. The number of rotatable bonds is 9. The first-order valence-electron chi connectivity index (χ1n) is 10.9. The van der Waals surface area contributed by atoms with Crippen LogP contribution in [0, 0.1) is 17.8 Å². The van der Waals surface area contributed by atoms with E-state index in [-0.39, 0.29) is 30.4 Å². The van der Waals surface area contributed by atoms with E-state index in [0.717, 1.165) is 0 Å². The van der Waals surface area contributed by atoms with Crippen molar-refractivity contribution < 1.29 is 29.3 Å². The number of ether oxygens (including phenoxy) is 1. The number of carbonyl (C=O) groups excluding carboxylic acids is 2. The van der Waals surface area contributed by atoms with Gasteiger partial charge in [-0.05, 0) is 32.6 Å². The van der Waals surface area contributed by atoms with Crippen molar-refractivity contribution in [3.8, 4) is 0 Å². The highest BCUT2D eigenvalue weighted by Gasteiger charge is 2.75. The molecule has 2 N–H and O–H groups in total. The molecule has 0 radical (unpaired) electrons. The van der Waals surface area contributed by atoms with Crippen molar-refractivity contribution >= 4 is 17.8 Å². The Kier molecular flexibility index (Phi) is 6.30. The van der Waals surface area contributed by atoms with Crippen LogP contribution in [0.2, 0.25) is 0 Å². The summed E-state index contributed by atoms with van der Waals surface area (Å²) >= 11 is 0. The van der Waals surface area contributed by atoms with Gasteiger partial charge in [0.05, 0.1) is 30.6 Å². The molecule has 0 aromatic rings. The Bertz CT molecular complexity index is 724. The highest BCUT2D eigenvalue weighted by Crippen LogP contribution is 2.59. The lowest BCUT2D eigenvalue weighted by Crippen LogP contribution is -2.60. The van der Waals surface area contributed by atoms with Gasteiger partial charge in [-0.1, -0.05) is 26.3 Å². The maximum atomic E-state index is 13.8. The Morgan fingerprint density at radius 1 is 1.40 bits per heavy atom. The second kappa shape index (κ2) is 8.30. The molecule has 0 aliphatic carbocycles. The number of aliphatic hydroxyl groups excluding tert-OH is 1. The fraction of sp³-hybridized carbons (Fsp3) is 0.773. The van der Waals surface area contributed by atoms with Crippen molar-refractivity contribution in [3.05, 3.63) is 12.7 Å². The van der Waals surface area contributed by atoms with Crippen molar-refractivity contribution in [2.75, 3.05) is 13.2 Å². The summed E-state index contributed by atoms with van der Waals surface area (Å²) in [6.45, 7) is 11.4. The number of nitrogens with zero attached hydrogens (tertiary/aromatic N) is 2. The molecule has 3 fully saturated rings. The van der Waals surface area contributed by atoms with Gasteiger partial charge < -0.3 is 24.7 Å². The maximum absolute atomic E-state index is 13.8. The Hall–Kier alpha value is -1.93. The molecule has 3 heterocycles. The quantitative estimate of drug-likeness (QED) is 0.542. The lowest BCUT2D eigenvalue weighted by Gasteiger charge is -2.41. The normalized spacial score (nSPS) is 34.2. The average Bonchev–Trinajstić information content (AvgIpc) is 3.33. The van der Waals surface area contributed by atoms with E-state index in [4.69, 9.17) is 4.74 Å². The Labute approximate surface area is 177 Å². The summed E-state index contributed by atoms with van der Waals surface area (Å²) in [7, 11) is 0. The second-order valence-corrected chi connectivity index (χ2v) is 9.15. The van der Waals surface area contributed by atoms with Crippen LogP contribution in [0.5, 0.6) is 0 Å². The topological polar surface area (TPSA) is 107 Å². The van der Waals surface area contributed by atoms with Crippen LogP contribution >= 0.6 is 0 Å². The van der Waals surface area contributed by atoms with Gasteiger partial charge in [-0.25, -0.2) is 0 Å². The fourth-order valence-corrected chi connectivity index (χ4v) is 5.68. The third-order valence-corrected chi connectivity index (χ3v) is 7.33. The Morgan fingerprint density at radius 3 is 2.57 bits per heavy atom. The molecule has 3 aliphatic heterocycles. The zero-order valence-corrected chi connectivity index (χ0v) is 18.3. The van der Waals surface area contributed by atoms with Crippen LogP contribution in [0.3, 0.4) is 0 Å². The number of fused-ring (bicyclic) bond motifs is 1. The number of hydrogen-bond donors (Lipinski definition) is 2. The van der Waals surface area contributed by atoms with E-state index in [1.807, 2.05) is 27.7 Å². The molecule has 8 nitrogen and oxygen atoms in total. The van der Waals surface area contributed by atoms with Gasteiger partial charge in [0, 0.05) is 12.6 Å².